The van der Waals surface area contributed by atoms with Crippen molar-refractivity contribution < 1.29 is 9.84 Å². The quantitative estimate of drug-likeness (QED) is 0.733. The van der Waals surface area contributed by atoms with Crippen molar-refractivity contribution in [2.24, 2.45) is 0 Å². The highest BCUT2D eigenvalue weighted by molar-refractivity contribution is 5.36. The van der Waals surface area contributed by atoms with Gasteiger partial charge in [-0.15, -0.1) is 0 Å². The van der Waals surface area contributed by atoms with E-state index < -0.39 is 0 Å². The number of ether oxygens (including phenoxy) is 1. The summed E-state index contributed by atoms with van der Waals surface area (Å²) in [5.74, 6) is 0.944. The molecule has 0 aliphatic carbocycles. The standard InChI is InChI=1S/C21H34N2O2/c1-17(2)6-5-10-22-11-12-23(20(16-22)9-13-24)15-19-7-8-21(25-4)18(3)14-19/h6-8,14,20,24H,5,9-13,15-16H2,1-4H3. The van der Waals surface area contributed by atoms with Crippen molar-refractivity contribution in [3.05, 3.63) is 41.0 Å². The molecule has 4 heteroatoms. The van der Waals surface area contributed by atoms with Crippen LogP contribution in [0.2, 0.25) is 0 Å². The van der Waals surface area contributed by atoms with E-state index in [-0.39, 0.29) is 6.61 Å². The van der Waals surface area contributed by atoms with E-state index in [4.69, 9.17) is 4.74 Å². The summed E-state index contributed by atoms with van der Waals surface area (Å²) in [4.78, 5) is 5.06. The van der Waals surface area contributed by atoms with E-state index in [0.29, 0.717) is 6.04 Å². The van der Waals surface area contributed by atoms with E-state index in [1.165, 1.54) is 16.7 Å². The van der Waals surface area contributed by atoms with E-state index in [0.717, 1.165) is 51.3 Å². The molecule has 140 valence electrons. The number of hydrogen-bond acceptors (Lipinski definition) is 4. The lowest BCUT2D eigenvalue weighted by molar-refractivity contribution is 0.0546. The lowest BCUT2D eigenvalue weighted by atomic mass is 10.1. The molecule has 1 aromatic rings. The number of methoxy groups -OCH3 is 1. The molecule has 0 bridgehead atoms. The molecule has 25 heavy (non-hydrogen) atoms. The first-order valence-electron chi connectivity index (χ1n) is 9.37. The molecule has 2 rings (SSSR count). The van der Waals surface area contributed by atoms with Gasteiger partial charge < -0.3 is 14.7 Å². The molecule has 0 spiro atoms. The number of aliphatic hydroxyl groups excluding tert-OH is 1. The van der Waals surface area contributed by atoms with Gasteiger partial charge in [0, 0.05) is 45.4 Å². The Hall–Kier alpha value is -1.36. The highest BCUT2D eigenvalue weighted by Crippen LogP contribution is 2.22. The molecule has 1 aliphatic rings. The predicted octanol–water partition coefficient (Wildman–Crippen LogP) is 3.23. The maximum atomic E-state index is 9.48. The summed E-state index contributed by atoms with van der Waals surface area (Å²) in [5.41, 5.74) is 3.89. The Morgan fingerprint density at radius 2 is 2.12 bits per heavy atom. The Morgan fingerprint density at radius 3 is 2.76 bits per heavy atom. The van der Waals surface area contributed by atoms with Gasteiger partial charge in [-0.25, -0.2) is 0 Å². The molecule has 1 aromatic carbocycles. The average Bonchev–Trinajstić information content (AvgIpc) is 2.57. The first-order chi connectivity index (χ1) is 12.0. The maximum absolute atomic E-state index is 9.48. The summed E-state index contributed by atoms with van der Waals surface area (Å²) < 4.78 is 5.36. The van der Waals surface area contributed by atoms with Gasteiger partial charge in [-0.3, -0.25) is 4.90 Å². The Morgan fingerprint density at radius 1 is 1.32 bits per heavy atom. The van der Waals surface area contributed by atoms with E-state index in [9.17, 15) is 5.11 Å². The van der Waals surface area contributed by atoms with Gasteiger partial charge in [0.15, 0.2) is 0 Å². The fraction of sp³-hybridized carbons (Fsp3) is 0.619. The van der Waals surface area contributed by atoms with Gasteiger partial charge in [0.25, 0.3) is 0 Å². The molecule has 1 aliphatic heterocycles. The van der Waals surface area contributed by atoms with Gasteiger partial charge in [-0.1, -0.05) is 23.8 Å². The normalized spacial score (nSPS) is 19.0. The van der Waals surface area contributed by atoms with Crippen LogP contribution in [0.3, 0.4) is 0 Å². The topological polar surface area (TPSA) is 35.9 Å². The van der Waals surface area contributed by atoms with Crippen LogP contribution in [0.5, 0.6) is 5.75 Å². The number of hydrogen-bond donors (Lipinski definition) is 1. The van der Waals surface area contributed by atoms with Crippen LogP contribution in [0, 0.1) is 6.92 Å². The summed E-state index contributed by atoms with van der Waals surface area (Å²) in [6.07, 6.45) is 4.27. The summed E-state index contributed by atoms with van der Waals surface area (Å²) in [5, 5.41) is 9.48. The van der Waals surface area contributed by atoms with Crippen LogP contribution >= 0.6 is 0 Å². The van der Waals surface area contributed by atoms with Gasteiger partial charge in [-0.2, -0.15) is 0 Å². The Kier molecular flexibility index (Phi) is 7.94. The average molecular weight is 347 g/mol. The highest BCUT2D eigenvalue weighted by atomic mass is 16.5. The third-order valence-corrected chi connectivity index (χ3v) is 4.99. The maximum Gasteiger partial charge on any atom is 0.121 e. The Labute approximate surface area is 153 Å². The first kappa shape index (κ1) is 20.0. The molecule has 1 heterocycles. The van der Waals surface area contributed by atoms with Crippen molar-refractivity contribution in [3.63, 3.8) is 0 Å². The molecule has 1 unspecified atom stereocenters. The summed E-state index contributed by atoms with van der Waals surface area (Å²) in [7, 11) is 1.72. The zero-order valence-corrected chi connectivity index (χ0v) is 16.3. The summed E-state index contributed by atoms with van der Waals surface area (Å²) in [6.45, 7) is 11.9. The van der Waals surface area contributed by atoms with Gasteiger partial charge in [0.1, 0.15) is 5.75 Å². The van der Waals surface area contributed by atoms with Crippen molar-refractivity contribution in [1.82, 2.24) is 9.80 Å². The third kappa shape index (κ3) is 6.14. The largest absolute Gasteiger partial charge is 0.496 e. The van der Waals surface area contributed by atoms with Crippen molar-refractivity contribution in [2.75, 3.05) is 39.9 Å². The van der Waals surface area contributed by atoms with Gasteiger partial charge in [0.05, 0.1) is 7.11 Å². The molecule has 0 saturated carbocycles. The smallest absolute Gasteiger partial charge is 0.121 e. The molecular formula is C21H34N2O2. The van der Waals surface area contributed by atoms with Gasteiger partial charge in [-0.05, 0) is 50.8 Å². The van der Waals surface area contributed by atoms with Crippen LogP contribution in [-0.4, -0.2) is 60.8 Å². The lowest BCUT2D eigenvalue weighted by Gasteiger charge is -2.41. The first-order valence-corrected chi connectivity index (χ1v) is 9.37. The van der Waals surface area contributed by atoms with E-state index in [1.807, 2.05) is 0 Å². The third-order valence-electron chi connectivity index (χ3n) is 4.99. The Bertz CT molecular complexity index is 567. The number of benzene rings is 1. The SMILES string of the molecule is COc1ccc(CN2CCN(CCC=C(C)C)CC2CCO)cc1C. The molecule has 0 aromatic heterocycles. The van der Waals surface area contributed by atoms with Crippen LogP contribution in [0.15, 0.2) is 29.8 Å². The molecule has 1 N–H and O–H groups in total. The fourth-order valence-corrected chi connectivity index (χ4v) is 3.60. The van der Waals surface area contributed by atoms with Crippen molar-refractivity contribution in [2.45, 2.75) is 46.2 Å². The molecule has 0 amide bonds. The van der Waals surface area contributed by atoms with E-state index in [2.05, 4.69) is 54.8 Å². The van der Waals surface area contributed by atoms with Gasteiger partial charge in [0.2, 0.25) is 0 Å². The van der Waals surface area contributed by atoms with Crippen molar-refractivity contribution >= 4 is 0 Å². The fourth-order valence-electron chi connectivity index (χ4n) is 3.60. The second-order valence-corrected chi connectivity index (χ2v) is 7.31. The zero-order chi connectivity index (χ0) is 18.2. The lowest BCUT2D eigenvalue weighted by Crippen LogP contribution is -2.53. The second kappa shape index (κ2) is 9.95. The monoisotopic (exact) mass is 346 g/mol. The number of aliphatic hydroxyl groups is 1. The van der Waals surface area contributed by atoms with Crippen molar-refractivity contribution in [1.29, 1.82) is 0 Å². The predicted molar refractivity (Wildman–Crippen MR) is 104 cm³/mol. The minimum atomic E-state index is 0.255. The number of rotatable bonds is 8. The number of nitrogens with zero attached hydrogens (tertiary/aromatic N) is 2. The molecule has 1 fully saturated rings. The Balaban J connectivity index is 1.96. The number of aryl methyl sites for hydroxylation is 1. The minimum Gasteiger partial charge on any atom is -0.496 e. The molecule has 1 atom stereocenters. The van der Waals surface area contributed by atoms with Crippen molar-refractivity contribution in [3.8, 4) is 5.75 Å². The van der Waals surface area contributed by atoms with Crippen LogP contribution in [0.1, 0.15) is 37.8 Å². The summed E-state index contributed by atoms with van der Waals surface area (Å²) in [6, 6.07) is 6.85. The van der Waals surface area contributed by atoms with Crippen LogP contribution < -0.4 is 4.74 Å². The van der Waals surface area contributed by atoms with Crippen LogP contribution in [-0.2, 0) is 6.54 Å². The minimum absolute atomic E-state index is 0.255. The number of piperazine rings is 1. The zero-order valence-electron chi connectivity index (χ0n) is 16.3. The summed E-state index contributed by atoms with van der Waals surface area (Å²) >= 11 is 0. The highest BCUT2D eigenvalue weighted by Gasteiger charge is 2.26. The van der Waals surface area contributed by atoms with E-state index in [1.54, 1.807) is 7.11 Å². The molecule has 0 radical (unpaired) electrons. The van der Waals surface area contributed by atoms with Crippen LogP contribution in [0.4, 0.5) is 0 Å². The molecule has 4 nitrogen and oxygen atoms in total. The second-order valence-electron chi connectivity index (χ2n) is 7.31. The van der Waals surface area contributed by atoms with Gasteiger partial charge >= 0.3 is 0 Å². The molecule has 1 saturated heterocycles. The van der Waals surface area contributed by atoms with E-state index >= 15 is 0 Å². The number of allylic oxidation sites excluding steroid dienone is 1. The molecular weight excluding hydrogens is 312 g/mol. The van der Waals surface area contributed by atoms with Crippen LogP contribution in [0.25, 0.3) is 0 Å².